The summed E-state index contributed by atoms with van der Waals surface area (Å²) in [5.74, 6) is 1.70. The van der Waals surface area contributed by atoms with Crippen LogP contribution >= 0.6 is 0 Å². The number of nitrogens with two attached hydrogens (primary N) is 1. The van der Waals surface area contributed by atoms with Gasteiger partial charge in [0.15, 0.2) is 0 Å². The molecule has 102 valence electrons. The van der Waals surface area contributed by atoms with Crippen LogP contribution in [0.25, 0.3) is 5.78 Å². The van der Waals surface area contributed by atoms with Crippen LogP contribution in [0.15, 0.2) is 12.4 Å². The zero-order chi connectivity index (χ0) is 14.0. The molecule has 0 unspecified atom stereocenters. The second kappa shape index (κ2) is 5.21. The molecule has 0 amide bonds. The monoisotopic (exact) mass is 261 g/mol. The van der Waals surface area contributed by atoms with E-state index in [1.165, 1.54) is 6.33 Å². The number of rotatable bonds is 5. The molecule has 0 saturated heterocycles. The maximum Gasteiger partial charge on any atom is 0.254 e. The van der Waals surface area contributed by atoms with Gasteiger partial charge in [0.05, 0.1) is 5.84 Å². The SMILES string of the molecule is Cc1cc(N(CCC(=N)N)C(C)C)n2ncnc2n1. The molecule has 2 heterocycles. The number of hydrogen-bond donors (Lipinski definition) is 2. The maximum atomic E-state index is 7.37. The molecular weight excluding hydrogens is 242 g/mol. The van der Waals surface area contributed by atoms with Crippen molar-refractivity contribution in [1.29, 1.82) is 5.41 Å². The van der Waals surface area contributed by atoms with E-state index < -0.39 is 0 Å². The van der Waals surface area contributed by atoms with E-state index in [1.54, 1.807) is 4.52 Å². The van der Waals surface area contributed by atoms with Crippen molar-refractivity contribution in [3.63, 3.8) is 0 Å². The van der Waals surface area contributed by atoms with Crippen molar-refractivity contribution in [1.82, 2.24) is 19.6 Å². The molecule has 0 aliphatic heterocycles. The third kappa shape index (κ3) is 2.81. The fourth-order valence-electron chi connectivity index (χ4n) is 1.99. The lowest BCUT2D eigenvalue weighted by Gasteiger charge is -2.28. The molecule has 0 spiro atoms. The van der Waals surface area contributed by atoms with Crippen molar-refractivity contribution in [2.24, 2.45) is 5.73 Å². The van der Waals surface area contributed by atoms with Gasteiger partial charge in [-0.05, 0) is 20.8 Å². The van der Waals surface area contributed by atoms with Crippen molar-refractivity contribution in [2.45, 2.75) is 33.2 Å². The number of aromatic nitrogens is 4. The summed E-state index contributed by atoms with van der Waals surface area (Å²) in [4.78, 5) is 10.6. The Morgan fingerprint density at radius 2 is 2.26 bits per heavy atom. The minimum absolute atomic E-state index is 0.186. The van der Waals surface area contributed by atoms with Crippen LogP contribution < -0.4 is 10.6 Å². The molecule has 0 radical (unpaired) electrons. The summed E-state index contributed by atoms with van der Waals surface area (Å²) >= 11 is 0. The molecule has 0 bridgehead atoms. The highest BCUT2D eigenvalue weighted by molar-refractivity contribution is 5.77. The minimum atomic E-state index is 0.186. The standard InChI is InChI=1S/C12H19N7/c1-8(2)18(5-4-10(13)14)11-6-9(3)17-12-15-7-16-19(11)12/h6-8H,4-5H2,1-3H3,(H3,13,14). The molecule has 0 fully saturated rings. The van der Waals surface area contributed by atoms with Gasteiger partial charge in [-0.2, -0.15) is 14.6 Å². The smallest absolute Gasteiger partial charge is 0.254 e. The average Bonchev–Trinajstić information content (AvgIpc) is 2.75. The molecule has 0 atom stereocenters. The highest BCUT2D eigenvalue weighted by Crippen LogP contribution is 2.18. The van der Waals surface area contributed by atoms with E-state index in [4.69, 9.17) is 11.1 Å². The van der Waals surface area contributed by atoms with Gasteiger partial charge in [0.2, 0.25) is 0 Å². The van der Waals surface area contributed by atoms with Crippen LogP contribution in [-0.2, 0) is 0 Å². The molecule has 2 rings (SSSR count). The van der Waals surface area contributed by atoms with Crippen LogP contribution in [0.1, 0.15) is 26.0 Å². The van der Waals surface area contributed by atoms with Gasteiger partial charge in [0.1, 0.15) is 12.1 Å². The zero-order valence-electron chi connectivity index (χ0n) is 11.5. The largest absolute Gasteiger partial charge is 0.388 e. The lowest BCUT2D eigenvalue weighted by Crippen LogP contribution is -2.35. The fourth-order valence-corrected chi connectivity index (χ4v) is 1.99. The predicted octanol–water partition coefficient (Wildman–Crippen LogP) is 0.974. The second-order valence-electron chi connectivity index (χ2n) is 4.79. The van der Waals surface area contributed by atoms with E-state index in [-0.39, 0.29) is 11.9 Å². The van der Waals surface area contributed by atoms with Gasteiger partial charge in [0.25, 0.3) is 5.78 Å². The van der Waals surface area contributed by atoms with E-state index in [9.17, 15) is 0 Å². The molecule has 0 aromatic carbocycles. The van der Waals surface area contributed by atoms with Crippen LogP contribution in [0.2, 0.25) is 0 Å². The van der Waals surface area contributed by atoms with Crippen LogP contribution in [0.4, 0.5) is 5.82 Å². The highest BCUT2D eigenvalue weighted by atomic mass is 15.4. The first-order valence-corrected chi connectivity index (χ1v) is 6.26. The summed E-state index contributed by atoms with van der Waals surface area (Å²) in [6.45, 7) is 6.80. The fraction of sp³-hybridized carbons (Fsp3) is 0.500. The summed E-state index contributed by atoms with van der Waals surface area (Å²) in [5, 5.41) is 11.6. The molecule has 7 heteroatoms. The number of aryl methyl sites for hydroxylation is 1. The zero-order valence-corrected chi connectivity index (χ0v) is 11.5. The summed E-state index contributed by atoms with van der Waals surface area (Å²) in [6.07, 6.45) is 2.02. The van der Waals surface area contributed by atoms with E-state index >= 15 is 0 Å². The number of hydrogen-bond acceptors (Lipinski definition) is 5. The molecule has 2 aromatic rings. The van der Waals surface area contributed by atoms with Crippen LogP contribution in [0.3, 0.4) is 0 Å². The van der Waals surface area contributed by atoms with Crippen LogP contribution in [0, 0.1) is 12.3 Å². The van der Waals surface area contributed by atoms with Gasteiger partial charge in [-0.25, -0.2) is 4.98 Å². The van der Waals surface area contributed by atoms with Gasteiger partial charge >= 0.3 is 0 Å². The minimum Gasteiger partial charge on any atom is -0.388 e. The van der Waals surface area contributed by atoms with Crippen LogP contribution in [0.5, 0.6) is 0 Å². The molecule has 0 aliphatic carbocycles. The summed E-state index contributed by atoms with van der Waals surface area (Å²) in [6, 6.07) is 2.25. The molecule has 19 heavy (non-hydrogen) atoms. The number of fused-ring (bicyclic) bond motifs is 1. The van der Waals surface area contributed by atoms with Gasteiger partial charge in [-0.1, -0.05) is 0 Å². The van der Waals surface area contributed by atoms with Crippen molar-refractivity contribution < 1.29 is 0 Å². The van der Waals surface area contributed by atoms with E-state index in [1.807, 2.05) is 13.0 Å². The van der Waals surface area contributed by atoms with Gasteiger partial charge in [0, 0.05) is 30.8 Å². The highest BCUT2D eigenvalue weighted by Gasteiger charge is 2.16. The lowest BCUT2D eigenvalue weighted by molar-refractivity contribution is 0.664. The maximum absolute atomic E-state index is 7.37. The molecule has 0 aliphatic rings. The Kier molecular flexibility index (Phi) is 3.64. The van der Waals surface area contributed by atoms with Crippen molar-refractivity contribution in [3.8, 4) is 0 Å². The van der Waals surface area contributed by atoms with Crippen molar-refractivity contribution in [2.75, 3.05) is 11.4 Å². The number of nitrogens with zero attached hydrogens (tertiary/aromatic N) is 5. The molecule has 0 saturated carbocycles. The Labute approximate surface area is 112 Å². The van der Waals surface area contributed by atoms with E-state index in [0.717, 1.165) is 11.5 Å². The quantitative estimate of drug-likeness (QED) is 0.617. The molecule has 2 aromatic heterocycles. The Morgan fingerprint density at radius 1 is 1.53 bits per heavy atom. The third-order valence-electron chi connectivity index (χ3n) is 2.90. The Balaban J connectivity index is 2.43. The third-order valence-corrected chi connectivity index (χ3v) is 2.90. The molecule has 7 nitrogen and oxygen atoms in total. The summed E-state index contributed by atoms with van der Waals surface area (Å²) < 4.78 is 1.72. The average molecular weight is 261 g/mol. The first-order valence-electron chi connectivity index (χ1n) is 6.26. The molecular formula is C12H19N7. The van der Waals surface area contributed by atoms with E-state index in [0.29, 0.717) is 18.7 Å². The Bertz CT molecular complexity index is 587. The lowest BCUT2D eigenvalue weighted by atomic mass is 10.2. The number of anilines is 1. The van der Waals surface area contributed by atoms with Crippen molar-refractivity contribution in [3.05, 3.63) is 18.1 Å². The number of amidine groups is 1. The first-order chi connectivity index (χ1) is 8.99. The van der Waals surface area contributed by atoms with Gasteiger partial charge in [-0.3, -0.25) is 5.41 Å². The van der Waals surface area contributed by atoms with E-state index in [2.05, 4.69) is 33.8 Å². The second-order valence-corrected chi connectivity index (χ2v) is 4.79. The Morgan fingerprint density at radius 3 is 2.89 bits per heavy atom. The van der Waals surface area contributed by atoms with Gasteiger partial charge < -0.3 is 10.6 Å². The normalized spacial score (nSPS) is 11.2. The topological polar surface area (TPSA) is 96.2 Å². The van der Waals surface area contributed by atoms with Crippen LogP contribution in [-0.4, -0.2) is 38.0 Å². The van der Waals surface area contributed by atoms with Crippen molar-refractivity contribution >= 4 is 17.4 Å². The summed E-state index contributed by atoms with van der Waals surface area (Å²) in [7, 11) is 0. The predicted molar refractivity (Wildman–Crippen MR) is 74.5 cm³/mol. The Hall–Kier alpha value is -2.18. The first kappa shape index (κ1) is 13.3. The number of nitrogens with one attached hydrogen (secondary N) is 1. The summed E-state index contributed by atoms with van der Waals surface area (Å²) in [5.41, 5.74) is 6.34. The molecule has 3 N–H and O–H groups in total. The van der Waals surface area contributed by atoms with Gasteiger partial charge in [-0.15, -0.1) is 0 Å².